The Kier molecular flexibility index (Phi) is 5.92. The molecule has 4 heteroatoms. The first-order valence-corrected chi connectivity index (χ1v) is 7.83. The lowest BCUT2D eigenvalue weighted by Crippen LogP contribution is -2.40. The summed E-state index contributed by atoms with van der Waals surface area (Å²) >= 11 is 0. The molecule has 2 N–H and O–H groups in total. The van der Waals surface area contributed by atoms with Gasteiger partial charge in [0.05, 0.1) is 6.54 Å². The zero-order chi connectivity index (χ0) is 16.7. The second-order valence-electron chi connectivity index (χ2n) is 5.50. The fourth-order valence-electron chi connectivity index (χ4n) is 2.14. The number of rotatable bonds is 6. The maximum atomic E-state index is 12.1. The first-order chi connectivity index (χ1) is 11.1. The molecule has 0 heterocycles. The average molecular weight is 310 g/mol. The number of hydrogen-bond donors (Lipinski definition) is 2. The fourth-order valence-corrected chi connectivity index (χ4v) is 2.14. The largest absolute Gasteiger partial charge is 0.352 e. The van der Waals surface area contributed by atoms with Crippen molar-refractivity contribution in [3.63, 3.8) is 0 Å². The van der Waals surface area contributed by atoms with E-state index in [1.165, 1.54) is 0 Å². The van der Waals surface area contributed by atoms with E-state index < -0.39 is 0 Å². The smallest absolute Gasteiger partial charge is 0.251 e. The molecule has 0 aliphatic heterocycles. The molecule has 2 aromatic rings. The summed E-state index contributed by atoms with van der Waals surface area (Å²) in [5, 5.41) is 5.45. The summed E-state index contributed by atoms with van der Waals surface area (Å²) in [5.74, 6) is -0.419. The number of amides is 2. The van der Waals surface area contributed by atoms with E-state index in [9.17, 15) is 9.59 Å². The molecule has 23 heavy (non-hydrogen) atoms. The Bertz CT molecular complexity index is 651. The molecule has 4 nitrogen and oxygen atoms in total. The van der Waals surface area contributed by atoms with Gasteiger partial charge in [0.15, 0.2) is 0 Å². The SMILES string of the molecule is CCC(C)NC(=O)CNC(=O)c1ccc(-c2ccccc2)cc1. The van der Waals surface area contributed by atoms with Crippen LogP contribution in [-0.4, -0.2) is 24.4 Å². The summed E-state index contributed by atoms with van der Waals surface area (Å²) in [4.78, 5) is 23.7. The highest BCUT2D eigenvalue weighted by Gasteiger charge is 2.09. The highest BCUT2D eigenvalue weighted by Crippen LogP contribution is 2.19. The normalized spacial score (nSPS) is 11.6. The summed E-state index contributed by atoms with van der Waals surface area (Å²) in [6, 6.07) is 17.4. The second-order valence-corrected chi connectivity index (χ2v) is 5.50. The van der Waals surface area contributed by atoms with Crippen molar-refractivity contribution in [2.24, 2.45) is 0 Å². The van der Waals surface area contributed by atoms with Crippen molar-refractivity contribution in [3.05, 3.63) is 60.2 Å². The lowest BCUT2D eigenvalue weighted by molar-refractivity contribution is -0.120. The quantitative estimate of drug-likeness (QED) is 0.861. The van der Waals surface area contributed by atoms with Gasteiger partial charge in [-0.2, -0.15) is 0 Å². The van der Waals surface area contributed by atoms with Gasteiger partial charge in [-0.3, -0.25) is 9.59 Å². The van der Waals surface area contributed by atoms with Crippen LogP contribution in [-0.2, 0) is 4.79 Å². The van der Waals surface area contributed by atoms with E-state index in [4.69, 9.17) is 0 Å². The van der Waals surface area contributed by atoms with Gasteiger partial charge in [-0.25, -0.2) is 0 Å². The van der Waals surface area contributed by atoms with Gasteiger partial charge in [0.25, 0.3) is 5.91 Å². The topological polar surface area (TPSA) is 58.2 Å². The number of hydrogen-bond acceptors (Lipinski definition) is 2. The Morgan fingerprint density at radius 2 is 1.57 bits per heavy atom. The molecule has 0 radical (unpaired) electrons. The third-order valence-corrected chi connectivity index (χ3v) is 3.68. The van der Waals surface area contributed by atoms with Crippen LogP contribution in [0.1, 0.15) is 30.6 Å². The molecule has 2 rings (SSSR count). The molecule has 1 atom stereocenters. The average Bonchev–Trinajstić information content (AvgIpc) is 2.60. The van der Waals surface area contributed by atoms with Gasteiger partial charge in [0, 0.05) is 11.6 Å². The molecule has 0 aliphatic rings. The second kappa shape index (κ2) is 8.13. The molecule has 0 aliphatic carbocycles. The van der Waals surface area contributed by atoms with Gasteiger partial charge in [0.2, 0.25) is 5.91 Å². The molecular formula is C19H22N2O2. The van der Waals surface area contributed by atoms with E-state index in [1.807, 2.05) is 56.3 Å². The predicted octanol–water partition coefficient (Wildman–Crippen LogP) is 3.00. The van der Waals surface area contributed by atoms with Crippen LogP contribution in [0.3, 0.4) is 0 Å². The molecule has 0 aromatic heterocycles. The number of carbonyl (C=O) groups excluding carboxylic acids is 2. The Labute approximate surface area is 136 Å². The lowest BCUT2D eigenvalue weighted by Gasteiger charge is -2.12. The van der Waals surface area contributed by atoms with Crippen LogP contribution >= 0.6 is 0 Å². The van der Waals surface area contributed by atoms with Crippen molar-refractivity contribution in [2.75, 3.05) is 6.54 Å². The van der Waals surface area contributed by atoms with Crippen LogP contribution in [0.25, 0.3) is 11.1 Å². The molecule has 0 bridgehead atoms. The zero-order valence-electron chi connectivity index (χ0n) is 13.5. The van der Waals surface area contributed by atoms with E-state index in [0.717, 1.165) is 17.5 Å². The molecule has 0 fully saturated rings. The first-order valence-electron chi connectivity index (χ1n) is 7.83. The Morgan fingerprint density at radius 3 is 2.17 bits per heavy atom. The van der Waals surface area contributed by atoms with Crippen LogP contribution in [0, 0.1) is 0 Å². The predicted molar refractivity (Wildman–Crippen MR) is 92.1 cm³/mol. The van der Waals surface area contributed by atoms with Gasteiger partial charge in [0.1, 0.15) is 0 Å². The molecule has 120 valence electrons. The Balaban J connectivity index is 1.92. The highest BCUT2D eigenvalue weighted by molar-refractivity contribution is 5.96. The van der Waals surface area contributed by atoms with Gasteiger partial charge in [-0.1, -0.05) is 49.4 Å². The van der Waals surface area contributed by atoms with Crippen molar-refractivity contribution >= 4 is 11.8 Å². The Hall–Kier alpha value is -2.62. The van der Waals surface area contributed by atoms with Crippen molar-refractivity contribution < 1.29 is 9.59 Å². The van der Waals surface area contributed by atoms with Gasteiger partial charge >= 0.3 is 0 Å². The third kappa shape index (κ3) is 4.95. The molecule has 2 amide bonds. The van der Waals surface area contributed by atoms with E-state index in [-0.39, 0.29) is 24.4 Å². The number of nitrogens with one attached hydrogen (secondary N) is 2. The summed E-state index contributed by atoms with van der Waals surface area (Å²) in [5.41, 5.74) is 2.70. The molecule has 0 saturated carbocycles. The first kappa shape index (κ1) is 16.7. The molecule has 0 saturated heterocycles. The van der Waals surface area contributed by atoms with Crippen molar-refractivity contribution in [2.45, 2.75) is 26.3 Å². The standard InChI is InChI=1S/C19H22N2O2/c1-3-14(2)21-18(22)13-20-19(23)17-11-9-16(10-12-17)15-7-5-4-6-8-15/h4-12,14H,3,13H2,1-2H3,(H,20,23)(H,21,22). The summed E-state index contributed by atoms with van der Waals surface area (Å²) in [7, 11) is 0. The van der Waals surface area contributed by atoms with Gasteiger partial charge in [-0.15, -0.1) is 0 Å². The third-order valence-electron chi connectivity index (χ3n) is 3.68. The monoisotopic (exact) mass is 310 g/mol. The van der Waals surface area contributed by atoms with Gasteiger partial charge in [-0.05, 0) is 36.6 Å². The van der Waals surface area contributed by atoms with Crippen LogP contribution in [0.2, 0.25) is 0 Å². The minimum absolute atomic E-state index is 0.0103. The van der Waals surface area contributed by atoms with Gasteiger partial charge < -0.3 is 10.6 Å². The minimum atomic E-state index is -0.246. The minimum Gasteiger partial charge on any atom is -0.352 e. The zero-order valence-corrected chi connectivity index (χ0v) is 13.5. The van der Waals surface area contributed by atoms with Crippen molar-refractivity contribution in [1.29, 1.82) is 0 Å². The van der Waals surface area contributed by atoms with E-state index in [0.29, 0.717) is 5.56 Å². The summed E-state index contributed by atoms with van der Waals surface area (Å²) in [6.07, 6.45) is 0.862. The van der Waals surface area contributed by atoms with Crippen molar-refractivity contribution in [3.8, 4) is 11.1 Å². The van der Waals surface area contributed by atoms with E-state index in [1.54, 1.807) is 12.1 Å². The molecule has 2 aromatic carbocycles. The fraction of sp³-hybridized carbons (Fsp3) is 0.263. The van der Waals surface area contributed by atoms with Crippen LogP contribution < -0.4 is 10.6 Å². The number of carbonyl (C=O) groups is 2. The molecular weight excluding hydrogens is 288 g/mol. The Morgan fingerprint density at radius 1 is 0.957 bits per heavy atom. The maximum absolute atomic E-state index is 12.1. The van der Waals surface area contributed by atoms with Crippen molar-refractivity contribution in [1.82, 2.24) is 10.6 Å². The lowest BCUT2D eigenvalue weighted by atomic mass is 10.0. The highest BCUT2D eigenvalue weighted by atomic mass is 16.2. The summed E-state index contributed by atoms with van der Waals surface area (Å²) in [6.45, 7) is 3.92. The van der Waals surface area contributed by atoms with Crippen LogP contribution in [0.4, 0.5) is 0 Å². The summed E-state index contributed by atoms with van der Waals surface area (Å²) < 4.78 is 0. The molecule has 0 spiro atoms. The van der Waals surface area contributed by atoms with Crippen LogP contribution in [0.15, 0.2) is 54.6 Å². The van der Waals surface area contributed by atoms with Crippen LogP contribution in [0.5, 0.6) is 0 Å². The van der Waals surface area contributed by atoms with E-state index >= 15 is 0 Å². The maximum Gasteiger partial charge on any atom is 0.251 e. The van der Waals surface area contributed by atoms with E-state index in [2.05, 4.69) is 10.6 Å². The number of benzene rings is 2. The molecule has 1 unspecified atom stereocenters.